The SMILES string of the molecule is COC(=O)c1ccc2c(c1)NC(=O)C2=C(Nc1ccc(CN(C)C)c(NC(C)=O)c1)c1ccccc1. The monoisotopic (exact) mass is 484 g/mol. The van der Waals surface area contributed by atoms with Crippen LogP contribution in [0.15, 0.2) is 66.7 Å². The normalized spacial score (nSPS) is 13.6. The number of esters is 1. The summed E-state index contributed by atoms with van der Waals surface area (Å²) >= 11 is 0. The van der Waals surface area contributed by atoms with E-state index in [1.165, 1.54) is 14.0 Å². The fourth-order valence-electron chi connectivity index (χ4n) is 4.13. The Labute approximate surface area is 210 Å². The largest absolute Gasteiger partial charge is 0.465 e. The van der Waals surface area contributed by atoms with Crippen LogP contribution in [0.2, 0.25) is 0 Å². The summed E-state index contributed by atoms with van der Waals surface area (Å²) in [6.45, 7) is 2.13. The molecule has 8 nitrogen and oxygen atoms in total. The molecule has 0 unspecified atom stereocenters. The summed E-state index contributed by atoms with van der Waals surface area (Å²) in [5, 5.41) is 9.18. The summed E-state index contributed by atoms with van der Waals surface area (Å²) in [4.78, 5) is 39.0. The number of nitrogens with one attached hydrogen (secondary N) is 3. The second-order valence-corrected chi connectivity index (χ2v) is 8.74. The maximum atomic E-state index is 13.2. The van der Waals surface area contributed by atoms with E-state index in [0.29, 0.717) is 46.0 Å². The van der Waals surface area contributed by atoms with Crippen LogP contribution in [0.3, 0.4) is 0 Å². The Balaban J connectivity index is 1.83. The highest BCUT2D eigenvalue weighted by atomic mass is 16.5. The Kier molecular flexibility index (Phi) is 7.17. The average Bonchev–Trinajstić information content (AvgIpc) is 3.18. The predicted molar refractivity (Wildman–Crippen MR) is 141 cm³/mol. The molecule has 3 aromatic rings. The van der Waals surface area contributed by atoms with E-state index in [4.69, 9.17) is 4.74 Å². The highest BCUT2D eigenvalue weighted by Crippen LogP contribution is 2.38. The number of anilines is 3. The van der Waals surface area contributed by atoms with Gasteiger partial charge in [-0.25, -0.2) is 4.79 Å². The van der Waals surface area contributed by atoms with Crippen LogP contribution < -0.4 is 16.0 Å². The average molecular weight is 485 g/mol. The molecule has 3 N–H and O–H groups in total. The summed E-state index contributed by atoms with van der Waals surface area (Å²) in [5.41, 5.74) is 5.79. The number of hydrogen-bond donors (Lipinski definition) is 3. The Morgan fingerprint density at radius 3 is 2.36 bits per heavy atom. The van der Waals surface area contributed by atoms with Gasteiger partial charge in [-0.05, 0) is 49.5 Å². The van der Waals surface area contributed by atoms with Gasteiger partial charge in [-0.1, -0.05) is 42.5 Å². The third kappa shape index (κ3) is 5.29. The van der Waals surface area contributed by atoms with Crippen LogP contribution in [0.4, 0.5) is 17.1 Å². The summed E-state index contributed by atoms with van der Waals surface area (Å²) in [6, 6.07) is 20.2. The minimum absolute atomic E-state index is 0.167. The Hall–Kier alpha value is -4.43. The lowest BCUT2D eigenvalue weighted by Crippen LogP contribution is -2.15. The Morgan fingerprint density at radius 1 is 0.944 bits per heavy atom. The van der Waals surface area contributed by atoms with Gasteiger partial charge in [0.2, 0.25) is 5.91 Å². The zero-order valence-electron chi connectivity index (χ0n) is 20.6. The van der Waals surface area contributed by atoms with Crippen molar-refractivity contribution in [1.29, 1.82) is 0 Å². The fraction of sp³-hybridized carbons (Fsp3) is 0.179. The molecule has 0 fully saturated rings. The van der Waals surface area contributed by atoms with Crippen LogP contribution in [0.25, 0.3) is 11.3 Å². The van der Waals surface area contributed by atoms with Crippen molar-refractivity contribution in [1.82, 2.24) is 4.90 Å². The standard InChI is InChI=1S/C28H28N4O4/c1-17(33)29-23-15-21(12-10-20(23)16-32(2)3)30-26(18-8-6-5-7-9-18)25-22-13-11-19(28(35)36-4)14-24(22)31-27(25)34/h5-15,30H,16H2,1-4H3,(H,29,33)(H,31,34). The summed E-state index contributed by atoms with van der Waals surface area (Å²) in [6.07, 6.45) is 0. The van der Waals surface area contributed by atoms with Gasteiger partial charge in [0.25, 0.3) is 5.91 Å². The minimum Gasteiger partial charge on any atom is -0.465 e. The molecule has 1 aliphatic rings. The van der Waals surface area contributed by atoms with E-state index >= 15 is 0 Å². The number of methoxy groups -OCH3 is 1. The molecule has 4 rings (SSSR count). The molecule has 0 bridgehead atoms. The lowest BCUT2D eigenvalue weighted by atomic mass is 9.99. The maximum Gasteiger partial charge on any atom is 0.337 e. The number of rotatable bonds is 7. The molecule has 0 saturated carbocycles. The number of carbonyl (C=O) groups excluding carboxylic acids is 3. The molecule has 0 aliphatic carbocycles. The molecule has 3 aromatic carbocycles. The summed E-state index contributed by atoms with van der Waals surface area (Å²) in [5.74, 6) is -0.932. The van der Waals surface area contributed by atoms with Gasteiger partial charge in [0, 0.05) is 30.4 Å². The number of amides is 2. The molecule has 1 aliphatic heterocycles. The van der Waals surface area contributed by atoms with Gasteiger partial charge >= 0.3 is 5.97 Å². The molecular formula is C28H28N4O4. The zero-order valence-corrected chi connectivity index (χ0v) is 20.6. The molecule has 36 heavy (non-hydrogen) atoms. The number of nitrogens with zero attached hydrogens (tertiary/aromatic N) is 1. The van der Waals surface area contributed by atoms with E-state index in [1.54, 1.807) is 18.2 Å². The van der Waals surface area contributed by atoms with E-state index in [2.05, 4.69) is 16.0 Å². The lowest BCUT2D eigenvalue weighted by Gasteiger charge is -2.18. The molecule has 0 aromatic heterocycles. The Bertz CT molecular complexity index is 1360. The second kappa shape index (κ2) is 10.5. The number of fused-ring (bicyclic) bond motifs is 1. The van der Waals surface area contributed by atoms with Gasteiger partial charge in [-0.15, -0.1) is 0 Å². The van der Waals surface area contributed by atoms with Crippen LogP contribution in [-0.4, -0.2) is 43.9 Å². The third-order valence-corrected chi connectivity index (χ3v) is 5.67. The molecule has 8 heteroatoms. The van der Waals surface area contributed by atoms with Crippen molar-refractivity contribution < 1.29 is 19.1 Å². The van der Waals surface area contributed by atoms with Crippen LogP contribution in [-0.2, 0) is 20.9 Å². The predicted octanol–water partition coefficient (Wildman–Crippen LogP) is 4.43. The number of carbonyl (C=O) groups is 3. The van der Waals surface area contributed by atoms with Crippen LogP contribution in [0, 0.1) is 0 Å². The number of hydrogen-bond acceptors (Lipinski definition) is 6. The highest BCUT2D eigenvalue weighted by Gasteiger charge is 2.29. The highest BCUT2D eigenvalue weighted by molar-refractivity contribution is 6.37. The first-order valence-electron chi connectivity index (χ1n) is 11.4. The molecule has 0 atom stereocenters. The van der Waals surface area contributed by atoms with Crippen LogP contribution in [0.1, 0.15) is 34.0 Å². The van der Waals surface area contributed by atoms with Gasteiger partial charge in [0.15, 0.2) is 0 Å². The van der Waals surface area contributed by atoms with E-state index in [1.807, 2.05) is 67.5 Å². The molecule has 1 heterocycles. The van der Waals surface area contributed by atoms with E-state index < -0.39 is 5.97 Å². The molecule has 0 spiro atoms. The number of ether oxygens (including phenoxy) is 1. The van der Waals surface area contributed by atoms with Crippen molar-refractivity contribution in [2.24, 2.45) is 0 Å². The topological polar surface area (TPSA) is 99.8 Å². The van der Waals surface area contributed by atoms with Crippen molar-refractivity contribution >= 4 is 46.1 Å². The molecule has 0 saturated heterocycles. The van der Waals surface area contributed by atoms with Crippen LogP contribution >= 0.6 is 0 Å². The van der Waals surface area contributed by atoms with E-state index in [-0.39, 0.29) is 11.8 Å². The van der Waals surface area contributed by atoms with Crippen LogP contribution in [0.5, 0.6) is 0 Å². The first-order valence-corrected chi connectivity index (χ1v) is 11.4. The van der Waals surface area contributed by atoms with Crippen molar-refractivity contribution in [2.45, 2.75) is 13.5 Å². The maximum absolute atomic E-state index is 13.2. The minimum atomic E-state index is -0.478. The zero-order chi connectivity index (χ0) is 25.8. The molecule has 2 amide bonds. The quantitative estimate of drug-likeness (QED) is 0.339. The van der Waals surface area contributed by atoms with Gasteiger partial charge < -0.3 is 25.6 Å². The smallest absolute Gasteiger partial charge is 0.337 e. The fourth-order valence-corrected chi connectivity index (χ4v) is 4.13. The van der Waals surface area contributed by atoms with Gasteiger partial charge in [-0.2, -0.15) is 0 Å². The lowest BCUT2D eigenvalue weighted by molar-refractivity contribution is -0.114. The summed E-state index contributed by atoms with van der Waals surface area (Å²) < 4.78 is 4.81. The van der Waals surface area contributed by atoms with Gasteiger partial charge in [0.05, 0.1) is 29.6 Å². The van der Waals surface area contributed by atoms with E-state index in [9.17, 15) is 14.4 Å². The Morgan fingerprint density at radius 2 is 1.69 bits per heavy atom. The van der Waals surface area contributed by atoms with Gasteiger partial charge in [-0.3, -0.25) is 9.59 Å². The van der Waals surface area contributed by atoms with Crippen molar-refractivity contribution in [3.8, 4) is 0 Å². The molecular weight excluding hydrogens is 456 g/mol. The van der Waals surface area contributed by atoms with E-state index in [0.717, 1.165) is 11.1 Å². The second-order valence-electron chi connectivity index (χ2n) is 8.74. The van der Waals surface area contributed by atoms with Gasteiger partial charge in [0.1, 0.15) is 0 Å². The number of benzene rings is 3. The molecule has 0 radical (unpaired) electrons. The first-order chi connectivity index (χ1) is 17.3. The summed E-state index contributed by atoms with van der Waals surface area (Å²) in [7, 11) is 5.24. The van der Waals surface area contributed by atoms with Crippen molar-refractivity contribution in [2.75, 3.05) is 37.2 Å². The third-order valence-electron chi connectivity index (χ3n) is 5.67. The molecule has 184 valence electrons. The van der Waals surface area contributed by atoms with Crippen molar-refractivity contribution in [3.63, 3.8) is 0 Å². The first kappa shape index (κ1) is 24.7. The van der Waals surface area contributed by atoms with Crippen molar-refractivity contribution in [3.05, 3.63) is 89.0 Å².